The van der Waals surface area contributed by atoms with Crippen LogP contribution in [0.3, 0.4) is 0 Å². The Morgan fingerprint density at radius 2 is 1.96 bits per heavy atom. The highest BCUT2D eigenvalue weighted by Gasteiger charge is 2.24. The van der Waals surface area contributed by atoms with Gasteiger partial charge in [0.05, 0.1) is 10.4 Å². The van der Waals surface area contributed by atoms with E-state index in [-0.39, 0.29) is 5.91 Å². The van der Waals surface area contributed by atoms with Crippen LogP contribution in [0.2, 0.25) is 5.15 Å². The molecule has 1 fully saturated rings. The van der Waals surface area contributed by atoms with E-state index in [1.54, 1.807) is 0 Å². The quantitative estimate of drug-likeness (QED) is 0.632. The maximum atomic E-state index is 12.9. The maximum Gasteiger partial charge on any atom is 0.264 e. The number of thiophene rings is 1. The minimum atomic E-state index is 0.105. The summed E-state index contributed by atoms with van der Waals surface area (Å²) in [6.07, 6.45) is 0. The molecule has 0 aliphatic carbocycles. The van der Waals surface area contributed by atoms with Gasteiger partial charge < -0.3 is 9.80 Å². The average molecular weight is 374 g/mol. The number of fused-ring (bicyclic) bond motifs is 3. The van der Waals surface area contributed by atoms with Gasteiger partial charge in [-0.15, -0.1) is 11.3 Å². The summed E-state index contributed by atoms with van der Waals surface area (Å²) in [5, 5.41) is 2.41. The third-order valence-electron chi connectivity index (χ3n) is 4.89. The highest BCUT2D eigenvalue weighted by atomic mass is 35.5. The molecule has 0 radical (unpaired) electrons. The molecule has 25 heavy (non-hydrogen) atoms. The van der Waals surface area contributed by atoms with Crippen molar-refractivity contribution < 1.29 is 4.79 Å². The van der Waals surface area contributed by atoms with Crippen LogP contribution in [-0.2, 0) is 0 Å². The Labute approximate surface area is 156 Å². The molecule has 4 rings (SSSR count). The summed E-state index contributed by atoms with van der Waals surface area (Å²) in [6, 6.07) is 8.04. The van der Waals surface area contributed by atoms with Crippen molar-refractivity contribution in [1.29, 1.82) is 0 Å². The van der Waals surface area contributed by atoms with E-state index < -0.39 is 0 Å². The predicted molar refractivity (Wildman–Crippen MR) is 105 cm³/mol. The van der Waals surface area contributed by atoms with Gasteiger partial charge >= 0.3 is 0 Å². The van der Waals surface area contributed by atoms with Crippen molar-refractivity contribution in [2.24, 2.45) is 0 Å². The number of carbonyl (C=O) groups excluding carboxylic acids is 1. The number of amides is 1. The van der Waals surface area contributed by atoms with Gasteiger partial charge in [-0.3, -0.25) is 4.79 Å². The molecule has 3 aromatic rings. The van der Waals surface area contributed by atoms with Crippen molar-refractivity contribution in [1.82, 2.24) is 14.8 Å². The van der Waals surface area contributed by atoms with Crippen molar-refractivity contribution in [3.05, 3.63) is 39.9 Å². The van der Waals surface area contributed by atoms with Crippen molar-refractivity contribution in [2.75, 3.05) is 32.7 Å². The summed E-state index contributed by atoms with van der Waals surface area (Å²) in [5.41, 5.74) is 2.05. The Bertz CT molecular complexity index is 960. The molecule has 0 N–H and O–H groups in total. The van der Waals surface area contributed by atoms with E-state index >= 15 is 0 Å². The molecular weight excluding hydrogens is 354 g/mol. The third kappa shape index (κ3) is 3.01. The fourth-order valence-corrected chi connectivity index (χ4v) is 4.82. The number of hydrogen-bond acceptors (Lipinski definition) is 4. The number of rotatable bonds is 2. The molecule has 1 saturated heterocycles. The van der Waals surface area contributed by atoms with E-state index in [1.165, 1.54) is 16.9 Å². The van der Waals surface area contributed by atoms with E-state index in [2.05, 4.69) is 29.8 Å². The average Bonchev–Trinajstić information content (AvgIpc) is 3.08. The summed E-state index contributed by atoms with van der Waals surface area (Å²) < 4.78 is 1.05. The lowest BCUT2D eigenvalue weighted by molar-refractivity contribution is 0.0648. The van der Waals surface area contributed by atoms with Crippen molar-refractivity contribution >= 4 is 49.8 Å². The van der Waals surface area contributed by atoms with Gasteiger partial charge in [0.2, 0.25) is 0 Å². The number of likely N-dealkylation sites (N-methyl/N-ethyl adjacent to an activating group) is 1. The van der Waals surface area contributed by atoms with Crippen LogP contribution in [0.5, 0.6) is 0 Å². The zero-order valence-electron chi connectivity index (χ0n) is 14.4. The number of aromatic nitrogens is 1. The van der Waals surface area contributed by atoms with Crippen molar-refractivity contribution in [3.63, 3.8) is 0 Å². The van der Waals surface area contributed by atoms with Crippen LogP contribution in [0, 0.1) is 6.92 Å². The van der Waals surface area contributed by atoms with E-state index in [0.717, 1.165) is 58.6 Å². The summed E-state index contributed by atoms with van der Waals surface area (Å²) >= 11 is 7.91. The Kier molecular flexibility index (Phi) is 4.40. The number of piperazine rings is 1. The molecule has 1 aromatic carbocycles. The third-order valence-corrected chi connectivity index (χ3v) is 6.33. The first-order valence-electron chi connectivity index (χ1n) is 8.58. The SMILES string of the molecule is CCN1CCN(C(=O)c2cc3c(Cl)nc4ccc(C)cc4c3s2)CC1. The molecule has 3 heterocycles. The number of halogens is 1. The molecule has 0 spiro atoms. The number of benzene rings is 1. The summed E-state index contributed by atoms with van der Waals surface area (Å²) in [5.74, 6) is 0.105. The molecule has 130 valence electrons. The van der Waals surface area contributed by atoms with Gasteiger partial charge in [0, 0.05) is 41.7 Å². The van der Waals surface area contributed by atoms with Gasteiger partial charge in [-0.1, -0.05) is 30.2 Å². The van der Waals surface area contributed by atoms with Crippen LogP contribution in [0.1, 0.15) is 22.2 Å². The number of pyridine rings is 1. The van der Waals surface area contributed by atoms with Crippen LogP contribution in [-0.4, -0.2) is 53.4 Å². The van der Waals surface area contributed by atoms with Gasteiger partial charge in [0.25, 0.3) is 5.91 Å². The predicted octanol–water partition coefficient (Wildman–Crippen LogP) is 4.19. The largest absolute Gasteiger partial charge is 0.335 e. The highest BCUT2D eigenvalue weighted by molar-refractivity contribution is 7.21. The Hall–Kier alpha value is -1.69. The summed E-state index contributed by atoms with van der Waals surface area (Å²) in [6.45, 7) is 8.71. The molecule has 0 bridgehead atoms. The molecule has 2 aromatic heterocycles. The Morgan fingerprint density at radius 1 is 1.20 bits per heavy atom. The standard InChI is InChI=1S/C19H20ClN3OS/c1-3-22-6-8-23(9-7-22)19(24)16-11-14-17(25-16)13-10-12(2)4-5-15(13)21-18(14)20/h4-5,10-11H,3,6-9H2,1-2H3. The summed E-state index contributed by atoms with van der Waals surface area (Å²) in [4.78, 5) is 22.5. The molecule has 6 heteroatoms. The lowest BCUT2D eigenvalue weighted by atomic mass is 10.1. The smallest absolute Gasteiger partial charge is 0.264 e. The molecular formula is C19H20ClN3OS. The topological polar surface area (TPSA) is 36.4 Å². The monoisotopic (exact) mass is 373 g/mol. The van der Waals surface area contributed by atoms with Gasteiger partial charge in [-0.25, -0.2) is 4.98 Å². The van der Waals surface area contributed by atoms with Crippen LogP contribution in [0.15, 0.2) is 24.3 Å². The van der Waals surface area contributed by atoms with Crippen LogP contribution in [0.4, 0.5) is 0 Å². The lowest BCUT2D eigenvalue weighted by Gasteiger charge is -2.33. The number of hydrogen-bond donors (Lipinski definition) is 0. The number of nitrogens with zero attached hydrogens (tertiary/aromatic N) is 3. The maximum absolute atomic E-state index is 12.9. The number of aryl methyl sites for hydroxylation is 1. The Balaban J connectivity index is 1.73. The first-order chi connectivity index (χ1) is 12.1. The van der Waals surface area contributed by atoms with E-state index in [1.807, 2.05) is 23.1 Å². The zero-order chi connectivity index (χ0) is 17.6. The first kappa shape index (κ1) is 16.8. The van der Waals surface area contributed by atoms with Gasteiger partial charge in [0.1, 0.15) is 5.15 Å². The van der Waals surface area contributed by atoms with E-state index in [0.29, 0.717) is 5.15 Å². The van der Waals surface area contributed by atoms with E-state index in [9.17, 15) is 4.79 Å². The van der Waals surface area contributed by atoms with E-state index in [4.69, 9.17) is 11.6 Å². The van der Waals surface area contributed by atoms with Gasteiger partial charge in [0.15, 0.2) is 0 Å². The fourth-order valence-electron chi connectivity index (χ4n) is 3.37. The lowest BCUT2D eigenvalue weighted by Crippen LogP contribution is -2.48. The first-order valence-corrected chi connectivity index (χ1v) is 9.77. The molecule has 1 aliphatic heterocycles. The minimum absolute atomic E-state index is 0.105. The number of carbonyl (C=O) groups is 1. The molecule has 1 amide bonds. The molecule has 0 unspecified atom stereocenters. The van der Waals surface area contributed by atoms with Crippen LogP contribution >= 0.6 is 22.9 Å². The molecule has 1 aliphatic rings. The normalized spacial score (nSPS) is 16.0. The fraction of sp³-hybridized carbons (Fsp3) is 0.368. The van der Waals surface area contributed by atoms with Gasteiger partial charge in [-0.2, -0.15) is 0 Å². The second-order valence-electron chi connectivity index (χ2n) is 6.50. The molecule has 4 nitrogen and oxygen atoms in total. The highest BCUT2D eigenvalue weighted by Crippen LogP contribution is 2.36. The minimum Gasteiger partial charge on any atom is -0.335 e. The second kappa shape index (κ2) is 6.56. The molecule has 0 saturated carbocycles. The molecule has 0 atom stereocenters. The zero-order valence-corrected chi connectivity index (χ0v) is 16.0. The van der Waals surface area contributed by atoms with Crippen molar-refractivity contribution in [3.8, 4) is 0 Å². The van der Waals surface area contributed by atoms with Crippen molar-refractivity contribution in [2.45, 2.75) is 13.8 Å². The summed E-state index contributed by atoms with van der Waals surface area (Å²) in [7, 11) is 0. The van der Waals surface area contributed by atoms with Gasteiger partial charge in [-0.05, 0) is 31.7 Å². The van der Waals surface area contributed by atoms with Crippen LogP contribution < -0.4 is 0 Å². The van der Waals surface area contributed by atoms with Crippen LogP contribution in [0.25, 0.3) is 21.0 Å². The second-order valence-corrected chi connectivity index (χ2v) is 7.91. The Morgan fingerprint density at radius 3 is 2.68 bits per heavy atom.